The molecule has 3 rings (SSSR count). The zero-order chi connectivity index (χ0) is 16.8. The van der Waals surface area contributed by atoms with Crippen LogP contribution in [0.5, 0.6) is 11.5 Å². The number of rotatable bonds is 5. The number of aliphatic hydroxyl groups is 1. The van der Waals surface area contributed by atoms with Crippen molar-refractivity contribution in [1.29, 1.82) is 0 Å². The summed E-state index contributed by atoms with van der Waals surface area (Å²) in [5, 5.41) is 11.9. The third-order valence-electron chi connectivity index (χ3n) is 3.46. The first-order valence-corrected chi connectivity index (χ1v) is 7.59. The summed E-state index contributed by atoms with van der Waals surface area (Å²) in [4.78, 5) is 12.3. The average Bonchev–Trinajstić information content (AvgIpc) is 2.63. The van der Waals surface area contributed by atoms with Crippen LogP contribution in [-0.2, 0) is 6.61 Å². The predicted octanol–water partition coefficient (Wildman–Crippen LogP) is 4.22. The average molecular weight is 319 g/mol. The summed E-state index contributed by atoms with van der Waals surface area (Å²) >= 11 is 0. The molecule has 0 atom stereocenters. The van der Waals surface area contributed by atoms with E-state index >= 15 is 0 Å². The van der Waals surface area contributed by atoms with Crippen molar-refractivity contribution >= 4 is 11.6 Å². The zero-order valence-electron chi connectivity index (χ0n) is 13.0. The minimum Gasteiger partial charge on any atom is -0.457 e. The molecule has 0 aromatic heterocycles. The molecule has 0 saturated carbocycles. The summed E-state index contributed by atoms with van der Waals surface area (Å²) in [6.45, 7) is -0.0603. The fourth-order valence-corrected chi connectivity index (χ4v) is 2.25. The lowest BCUT2D eigenvalue weighted by atomic mass is 10.1. The first-order valence-electron chi connectivity index (χ1n) is 7.59. The third-order valence-corrected chi connectivity index (χ3v) is 3.46. The van der Waals surface area contributed by atoms with Gasteiger partial charge in [-0.15, -0.1) is 0 Å². The Bertz CT molecular complexity index is 814. The molecule has 0 unspecified atom stereocenters. The fraction of sp³-hybridized carbons (Fsp3) is 0.0500. The van der Waals surface area contributed by atoms with Crippen LogP contribution in [0.4, 0.5) is 5.69 Å². The van der Waals surface area contributed by atoms with E-state index in [1.54, 1.807) is 48.5 Å². The Morgan fingerprint density at radius 2 is 1.58 bits per heavy atom. The van der Waals surface area contributed by atoms with Crippen molar-refractivity contribution in [2.24, 2.45) is 0 Å². The van der Waals surface area contributed by atoms with Crippen molar-refractivity contribution in [3.05, 3.63) is 90.0 Å². The van der Waals surface area contributed by atoms with Crippen LogP contribution in [-0.4, -0.2) is 11.0 Å². The van der Waals surface area contributed by atoms with Crippen LogP contribution in [0.1, 0.15) is 15.9 Å². The Labute approximate surface area is 140 Å². The van der Waals surface area contributed by atoms with E-state index in [1.807, 2.05) is 30.3 Å². The largest absolute Gasteiger partial charge is 0.457 e. The van der Waals surface area contributed by atoms with E-state index in [0.717, 1.165) is 11.3 Å². The van der Waals surface area contributed by atoms with Gasteiger partial charge in [-0.25, -0.2) is 0 Å². The first kappa shape index (κ1) is 15.8. The van der Waals surface area contributed by atoms with Gasteiger partial charge in [-0.3, -0.25) is 4.79 Å². The smallest absolute Gasteiger partial charge is 0.255 e. The van der Waals surface area contributed by atoms with Gasteiger partial charge in [-0.1, -0.05) is 30.3 Å². The van der Waals surface area contributed by atoms with Gasteiger partial charge >= 0.3 is 0 Å². The molecule has 3 aromatic carbocycles. The Balaban J connectivity index is 1.67. The number of hydrogen-bond donors (Lipinski definition) is 2. The molecule has 0 aliphatic rings. The van der Waals surface area contributed by atoms with E-state index in [-0.39, 0.29) is 12.5 Å². The third kappa shape index (κ3) is 4.00. The van der Waals surface area contributed by atoms with Crippen LogP contribution in [0.25, 0.3) is 0 Å². The SMILES string of the molecule is O=C(Nc1cccc(CO)c1)c1ccc(Oc2ccccc2)cc1. The molecule has 2 N–H and O–H groups in total. The van der Waals surface area contributed by atoms with E-state index in [4.69, 9.17) is 9.84 Å². The monoisotopic (exact) mass is 319 g/mol. The van der Waals surface area contributed by atoms with Gasteiger partial charge in [-0.2, -0.15) is 0 Å². The zero-order valence-corrected chi connectivity index (χ0v) is 13.0. The summed E-state index contributed by atoms with van der Waals surface area (Å²) in [7, 11) is 0. The number of aliphatic hydroxyl groups excluding tert-OH is 1. The highest BCUT2D eigenvalue weighted by atomic mass is 16.5. The maximum atomic E-state index is 12.3. The normalized spacial score (nSPS) is 10.2. The second kappa shape index (κ2) is 7.44. The van der Waals surface area contributed by atoms with E-state index in [9.17, 15) is 4.79 Å². The second-order valence-electron chi connectivity index (χ2n) is 5.25. The molecule has 3 aromatic rings. The second-order valence-corrected chi connectivity index (χ2v) is 5.25. The predicted molar refractivity (Wildman–Crippen MR) is 93.3 cm³/mol. The number of carbonyl (C=O) groups excluding carboxylic acids is 1. The van der Waals surface area contributed by atoms with Gasteiger partial charge in [0.2, 0.25) is 0 Å². The van der Waals surface area contributed by atoms with Crippen molar-refractivity contribution < 1.29 is 14.6 Å². The number of para-hydroxylation sites is 1. The van der Waals surface area contributed by atoms with Crippen molar-refractivity contribution in [2.75, 3.05) is 5.32 Å². The number of hydrogen-bond acceptors (Lipinski definition) is 3. The molecule has 0 spiro atoms. The number of anilines is 1. The molecular formula is C20H17NO3. The van der Waals surface area contributed by atoms with Gasteiger partial charge in [0.1, 0.15) is 11.5 Å². The van der Waals surface area contributed by atoms with Gasteiger partial charge in [0.15, 0.2) is 0 Å². The highest BCUT2D eigenvalue weighted by molar-refractivity contribution is 6.04. The highest BCUT2D eigenvalue weighted by Crippen LogP contribution is 2.21. The topological polar surface area (TPSA) is 58.6 Å². The number of nitrogens with one attached hydrogen (secondary N) is 1. The molecule has 4 heteroatoms. The Morgan fingerprint density at radius 3 is 2.29 bits per heavy atom. The summed E-state index contributed by atoms with van der Waals surface area (Å²) in [6.07, 6.45) is 0. The van der Waals surface area contributed by atoms with Gasteiger partial charge in [-0.05, 0) is 54.1 Å². The Morgan fingerprint density at radius 1 is 0.875 bits per heavy atom. The van der Waals surface area contributed by atoms with E-state index in [0.29, 0.717) is 17.0 Å². The molecule has 4 nitrogen and oxygen atoms in total. The van der Waals surface area contributed by atoms with Crippen LogP contribution in [0.15, 0.2) is 78.9 Å². The minimum atomic E-state index is -0.212. The Hall–Kier alpha value is -3.11. The molecule has 0 saturated heterocycles. The lowest BCUT2D eigenvalue weighted by Crippen LogP contribution is -2.11. The summed E-state index contributed by atoms with van der Waals surface area (Å²) in [6, 6.07) is 23.5. The molecular weight excluding hydrogens is 302 g/mol. The fourth-order valence-electron chi connectivity index (χ4n) is 2.25. The Kier molecular flexibility index (Phi) is 4.89. The molecule has 0 aliphatic heterocycles. The van der Waals surface area contributed by atoms with Crippen molar-refractivity contribution in [1.82, 2.24) is 0 Å². The number of amides is 1. The van der Waals surface area contributed by atoms with Crippen LogP contribution in [0.3, 0.4) is 0 Å². The van der Waals surface area contributed by atoms with Gasteiger partial charge in [0, 0.05) is 11.3 Å². The van der Waals surface area contributed by atoms with E-state index in [1.165, 1.54) is 0 Å². The molecule has 0 radical (unpaired) electrons. The summed E-state index contributed by atoms with van der Waals surface area (Å²) < 4.78 is 5.70. The number of benzene rings is 3. The van der Waals surface area contributed by atoms with E-state index in [2.05, 4.69) is 5.32 Å². The van der Waals surface area contributed by atoms with Gasteiger partial charge in [0.25, 0.3) is 5.91 Å². The maximum absolute atomic E-state index is 12.3. The van der Waals surface area contributed by atoms with Crippen LogP contribution >= 0.6 is 0 Å². The van der Waals surface area contributed by atoms with Crippen LogP contribution in [0, 0.1) is 0 Å². The van der Waals surface area contributed by atoms with Crippen LogP contribution < -0.4 is 10.1 Å². The lowest BCUT2D eigenvalue weighted by Gasteiger charge is -2.08. The highest BCUT2D eigenvalue weighted by Gasteiger charge is 2.07. The molecule has 0 bridgehead atoms. The molecule has 24 heavy (non-hydrogen) atoms. The van der Waals surface area contributed by atoms with Crippen molar-refractivity contribution in [3.63, 3.8) is 0 Å². The van der Waals surface area contributed by atoms with E-state index < -0.39 is 0 Å². The van der Waals surface area contributed by atoms with Crippen molar-refractivity contribution in [3.8, 4) is 11.5 Å². The van der Waals surface area contributed by atoms with Crippen LogP contribution in [0.2, 0.25) is 0 Å². The molecule has 0 fully saturated rings. The van der Waals surface area contributed by atoms with Gasteiger partial charge in [0.05, 0.1) is 6.61 Å². The van der Waals surface area contributed by atoms with Gasteiger partial charge < -0.3 is 15.2 Å². The molecule has 1 amide bonds. The lowest BCUT2D eigenvalue weighted by molar-refractivity contribution is 0.102. The summed E-state index contributed by atoms with van der Waals surface area (Å²) in [5.41, 5.74) is 1.93. The maximum Gasteiger partial charge on any atom is 0.255 e. The molecule has 0 aliphatic carbocycles. The standard InChI is InChI=1S/C20H17NO3/c22-14-15-5-4-6-17(13-15)21-20(23)16-9-11-19(12-10-16)24-18-7-2-1-3-8-18/h1-13,22H,14H2,(H,21,23). The number of ether oxygens (including phenoxy) is 1. The van der Waals surface area contributed by atoms with Crippen molar-refractivity contribution in [2.45, 2.75) is 6.61 Å². The first-order chi connectivity index (χ1) is 11.7. The molecule has 120 valence electrons. The quantitative estimate of drug-likeness (QED) is 0.740. The minimum absolute atomic E-state index is 0.0603. The molecule has 0 heterocycles. The summed E-state index contributed by atoms with van der Waals surface area (Å²) in [5.74, 6) is 1.20. The number of carbonyl (C=O) groups is 1.